The number of nitrogens with zero attached hydrogens (tertiary/aromatic N) is 1. The lowest BCUT2D eigenvalue weighted by Gasteiger charge is -2.22. The minimum Gasteiger partial charge on any atom is -0.369 e. The first-order valence-corrected chi connectivity index (χ1v) is 8.67. The largest absolute Gasteiger partial charge is 0.369 e. The van der Waals surface area contributed by atoms with E-state index in [1.165, 1.54) is 6.08 Å². The Morgan fingerprint density at radius 3 is 2.46 bits per heavy atom. The van der Waals surface area contributed by atoms with Crippen molar-refractivity contribution in [3.05, 3.63) is 64.1 Å². The third-order valence-corrected chi connectivity index (χ3v) is 4.52. The summed E-state index contributed by atoms with van der Waals surface area (Å²) >= 11 is 12.2. The van der Waals surface area contributed by atoms with Crippen LogP contribution in [-0.4, -0.2) is 19.0 Å². The highest BCUT2D eigenvalue weighted by Gasteiger charge is 2.19. The molecule has 2 aromatic rings. The van der Waals surface area contributed by atoms with Crippen molar-refractivity contribution in [3.63, 3.8) is 0 Å². The molecule has 0 atom stereocenters. The molecule has 5 heteroatoms. The monoisotopic (exact) mass is 360 g/mol. The molecule has 1 N–H and O–H groups in total. The van der Waals surface area contributed by atoms with Crippen LogP contribution < -0.4 is 10.2 Å². The van der Waals surface area contributed by atoms with Crippen molar-refractivity contribution in [1.29, 1.82) is 0 Å². The van der Waals surface area contributed by atoms with E-state index in [0.29, 0.717) is 10.0 Å². The van der Waals surface area contributed by atoms with Crippen LogP contribution in [0.3, 0.4) is 0 Å². The topological polar surface area (TPSA) is 32.3 Å². The Hall–Kier alpha value is -1.97. The minimum atomic E-state index is -0.187. The highest BCUT2D eigenvalue weighted by molar-refractivity contribution is 6.34. The zero-order chi connectivity index (χ0) is 16.9. The quantitative estimate of drug-likeness (QED) is 0.755. The SMILES string of the molecule is O=C(/C=C/c1ccc(Cl)cc1)Nc1cccc(Cl)c1N1CCCC1. The lowest BCUT2D eigenvalue weighted by molar-refractivity contribution is -0.111. The Kier molecular flexibility index (Phi) is 5.44. The predicted octanol–water partition coefficient (Wildman–Crippen LogP) is 5.25. The van der Waals surface area contributed by atoms with Gasteiger partial charge in [0.25, 0.3) is 0 Å². The van der Waals surface area contributed by atoms with E-state index < -0.39 is 0 Å². The summed E-state index contributed by atoms with van der Waals surface area (Å²) in [6.07, 6.45) is 5.56. The molecule has 0 unspecified atom stereocenters. The number of para-hydroxylation sites is 1. The summed E-state index contributed by atoms with van der Waals surface area (Å²) in [5, 5.41) is 4.27. The van der Waals surface area contributed by atoms with Crippen LogP contribution in [-0.2, 0) is 4.79 Å². The molecule has 124 valence electrons. The molecule has 1 amide bonds. The van der Waals surface area contributed by atoms with Gasteiger partial charge in [-0.25, -0.2) is 0 Å². The maximum Gasteiger partial charge on any atom is 0.248 e. The predicted molar refractivity (Wildman–Crippen MR) is 102 cm³/mol. The van der Waals surface area contributed by atoms with E-state index >= 15 is 0 Å². The van der Waals surface area contributed by atoms with Gasteiger partial charge in [0.2, 0.25) is 5.91 Å². The summed E-state index contributed by atoms with van der Waals surface area (Å²) in [6, 6.07) is 12.9. The molecule has 3 nitrogen and oxygen atoms in total. The molecule has 0 radical (unpaired) electrons. The van der Waals surface area contributed by atoms with Crippen molar-refractivity contribution in [3.8, 4) is 0 Å². The van der Waals surface area contributed by atoms with Crippen LogP contribution in [0, 0.1) is 0 Å². The fourth-order valence-corrected chi connectivity index (χ4v) is 3.22. The van der Waals surface area contributed by atoms with Gasteiger partial charge in [-0.15, -0.1) is 0 Å². The van der Waals surface area contributed by atoms with Crippen LogP contribution in [0.15, 0.2) is 48.5 Å². The maximum absolute atomic E-state index is 12.2. The third kappa shape index (κ3) is 4.11. The molecule has 24 heavy (non-hydrogen) atoms. The molecule has 1 heterocycles. The first-order chi connectivity index (χ1) is 11.6. The van der Waals surface area contributed by atoms with Crippen molar-refractivity contribution < 1.29 is 4.79 Å². The molecule has 3 rings (SSSR count). The van der Waals surface area contributed by atoms with Crippen molar-refractivity contribution >= 4 is 46.6 Å². The number of carbonyl (C=O) groups excluding carboxylic acids is 1. The number of halogens is 2. The van der Waals surface area contributed by atoms with E-state index in [4.69, 9.17) is 23.2 Å². The van der Waals surface area contributed by atoms with E-state index in [0.717, 1.165) is 42.9 Å². The standard InChI is InChI=1S/C19H18Cl2N2O/c20-15-9-6-14(7-10-15)8-11-18(24)22-17-5-3-4-16(21)19(17)23-12-1-2-13-23/h3-11H,1-2,12-13H2,(H,22,24)/b11-8+. The molecule has 1 saturated heterocycles. The van der Waals surface area contributed by atoms with E-state index in [9.17, 15) is 4.79 Å². The van der Waals surface area contributed by atoms with Crippen LogP contribution in [0.25, 0.3) is 6.08 Å². The second-order valence-corrected chi connectivity index (χ2v) is 6.55. The van der Waals surface area contributed by atoms with Gasteiger partial charge in [-0.05, 0) is 48.7 Å². The van der Waals surface area contributed by atoms with E-state index in [1.54, 1.807) is 18.2 Å². The number of benzene rings is 2. The molecule has 0 aromatic heterocycles. The fraction of sp³-hybridized carbons (Fsp3) is 0.211. The number of carbonyl (C=O) groups is 1. The first-order valence-electron chi connectivity index (χ1n) is 7.91. The Bertz CT molecular complexity index is 750. The summed E-state index contributed by atoms with van der Waals surface area (Å²) in [5.41, 5.74) is 2.57. The lowest BCUT2D eigenvalue weighted by Crippen LogP contribution is -2.21. The summed E-state index contributed by atoms with van der Waals surface area (Å²) in [5.74, 6) is -0.187. The molecule has 1 fully saturated rings. The van der Waals surface area contributed by atoms with Crippen LogP contribution >= 0.6 is 23.2 Å². The minimum absolute atomic E-state index is 0.187. The molecule has 1 aliphatic heterocycles. The molecular weight excluding hydrogens is 343 g/mol. The average molecular weight is 361 g/mol. The molecule has 0 saturated carbocycles. The van der Waals surface area contributed by atoms with Gasteiger partial charge in [0.15, 0.2) is 0 Å². The highest BCUT2D eigenvalue weighted by Crippen LogP contribution is 2.35. The van der Waals surface area contributed by atoms with E-state index in [1.807, 2.05) is 30.3 Å². The van der Waals surface area contributed by atoms with Crippen LogP contribution in [0.4, 0.5) is 11.4 Å². The second kappa shape index (κ2) is 7.73. The number of hydrogen-bond acceptors (Lipinski definition) is 2. The summed E-state index contributed by atoms with van der Waals surface area (Å²) in [6.45, 7) is 1.93. The molecule has 0 bridgehead atoms. The number of anilines is 2. The van der Waals surface area contributed by atoms with Gasteiger partial charge in [0.05, 0.1) is 16.4 Å². The number of hydrogen-bond donors (Lipinski definition) is 1. The van der Waals surface area contributed by atoms with Gasteiger partial charge in [0.1, 0.15) is 0 Å². The summed E-state index contributed by atoms with van der Waals surface area (Å²) < 4.78 is 0. The van der Waals surface area contributed by atoms with Gasteiger partial charge >= 0.3 is 0 Å². The van der Waals surface area contributed by atoms with Gasteiger partial charge < -0.3 is 10.2 Å². The molecule has 1 aliphatic rings. The van der Waals surface area contributed by atoms with Crippen molar-refractivity contribution in [2.45, 2.75) is 12.8 Å². The van der Waals surface area contributed by atoms with Crippen LogP contribution in [0.2, 0.25) is 10.0 Å². The molecule has 0 aliphatic carbocycles. The second-order valence-electron chi connectivity index (χ2n) is 5.70. The average Bonchev–Trinajstić information content (AvgIpc) is 3.08. The lowest BCUT2D eigenvalue weighted by atomic mass is 10.2. The fourth-order valence-electron chi connectivity index (χ4n) is 2.80. The summed E-state index contributed by atoms with van der Waals surface area (Å²) in [7, 11) is 0. The summed E-state index contributed by atoms with van der Waals surface area (Å²) in [4.78, 5) is 14.5. The van der Waals surface area contributed by atoms with Crippen LogP contribution in [0.1, 0.15) is 18.4 Å². The Labute approximate surface area is 151 Å². The van der Waals surface area contributed by atoms with E-state index in [2.05, 4.69) is 10.2 Å². The van der Waals surface area contributed by atoms with Crippen molar-refractivity contribution in [1.82, 2.24) is 0 Å². The van der Waals surface area contributed by atoms with Crippen LogP contribution in [0.5, 0.6) is 0 Å². The Balaban J connectivity index is 1.74. The Morgan fingerprint density at radius 2 is 1.75 bits per heavy atom. The third-order valence-electron chi connectivity index (χ3n) is 3.96. The van der Waals surface area contributed by atoms with Gasteiger partial charge in [-0.2, -0.15) is 0 Å². The normalized spacial score (nSPS) is 14.3. The molecular formula is C19H18Cl2N2O. The van der Waals surface area contributed by atoms with Crippen molar-refractivity contribution in [2.24, 2.45) is 0 Å². The van der Waals surface area contributed by atoms with Crippen molar-refractivity contribution in [2.75, 3.05) is 23.3 Å². The zero-order valence-electron chi connectivity index (χ0n) is 13.1. The number of rotatable bonds is 4. The zero-order valence-corrected chi connectivity index (χ0v) is 14.6. The first kappa shape index (κ1) is 16.9. The Morgan fingerprint density at radius 1 is 1.04 bits per heavy atom. The van der Waals surface area contributed by atoms with Gasteiger partial charge in [-0.1, -0.05) is 41.4 Å². The van der Waals surface area contributed by atoms with E-state index in [-0.39, 0.29) is 5.91 Å². The molecule has 0 spiro atoms. The number of nitrogens with one attached hydrogen (secondary N) is 1. The number of amides is 1. The maximum atomic E-state index is 12.2. The van der Waals surface area contributed by atoms with Gasteiger partial charge in [0, 0.05) is 24.2 Å². The highest BCUT2D eigenvalue weighted by atomic mass is 35.5. The molecule has 2 aromatic carbocycles. The smallest absolute Gasteiger partial charge is 0.248 e. The van der Waals surface area contributed by atoms with Gasteiger partial charge in [-0.3, -0.25) is 4.79 Å².